The van der Waals surface area contributed by atoms with Crippen LogP contribution in [0.5, 0.6) is 0 Å². The molecule has 1 aromatic heterocycles. The summed E-state index contributed by atoms with van der Waals surface area (Å²) in [6, 6.07) is 2.39. The largest absolute Gasteiger partial charge is 0.349 e. The van der Waals surface area contributed by atoms with Gasteiger partial charge in [0.1, 0.15) is 0 Å². The van der Waals surface area contributed by atoms with Crippen molar-refractivity contribution >= 4 is 5.78 Å². The first kappa shape index (κ1) is 17.0. The number of hydrogen-bond donors (Lipinski definition) is 0. The van der Waals surface area contributed by atoms with Crippen molar-refractivity contribution in [3.05, 3.63) is 23.0 Å². The molecule has 20 heavy (non-hydrogen) atoms. The van der Waals surface area contributed by atoms with Gasteiger partial charge in [-0.1, -0.05) is 20.8 Å². The summed E-state index contributed by atoms with van der Waals surface area (Å²) in [4.78, 5) is 14.7. The van der Waals surface area contributed by atoms with E-state index in [2.05, 4.69) is 51.0 Å². The average molecular weight is 278 g/mol. The topological polar surface area (TPSA) is 25.2 Å². The first-order valence-corrected chi connectivity index (χ1v) is 7.49. The zero-order chi connectivity index (χ0) is 15.7. The van der Waals surface area contributed by atoms with E-state index in [1.54, 1.807) is 0 Å². The van der Waals surface area contributed by atoms with Crippen LogP contribution in [0, 0.1) is 19.3 Å². The molecule has 1 heterocycles. The molecule has 1 rings (SSSR count). The molecular formula is C17H30N2O. The van der Waals surface area contributed by atoms with Gasteiger partial charge in [-0.25, -0.2) is 0 Å². The van der Waals surface area contributed by atoms with Crippen molar-refractivity contribution in [2.24, 2.45) is 5.41 Å². The predicted molar refractivity (Wildman–Crippen MR) is 85.5 cm³/mol. The minimum atomic E-state index is 0.176. The number of Topliss-reactive ketones (excluding diaryl/α,β-unsaturated/α-hetero) is 1. The molecule has 0 N–H and O–H groups in total. The quantitative estimate of drug-likeness (QED) is 0.768. The van der Waals surface area contributed by atoms with Crippen LogP contribution in [0.1, 0.15) is 56.4 Å². The zero-order valence-corrected chi connectivity index (χ0v) is 14.4. The molecule has 0 bridgehead atoms. The Hall–Kier alpha value is -1.09. The molecule has 0 aliphatic rings. The summed E-state index contributed by atoms with van der Waals surface area (Å²) in [5.74, 6) is 0.219. The number of hydrogen-bond acceptors (Lipinski definition) is 2. The van der Waals surface area contributed by atoms with Crippen molar-refractivity contribution in [1.82, 2.24) is 9.47 Å². The lowest BCUT2D eigenvalue weighted by Crippen LogP contribution is -2.42. The van der Waals surface area contributed by atoms with Crippen LogP contribution in [-0.2, 0) is 6.54 Å². The summed E-state index contributed by atoms with van der Waals surface area (Å²) in [7, 11) is 2.03. The average Bonchev–Trinajstić information content (AvgIpc) is 2.62. The zero-order valence-electron chi connectivity index (χ0n) is 14.4. The SMILES string of the molecule is CCn1c(C)cc(C(=O)CN(C)C(C)C(C)(C)C)c1C. The third kappa shape index (κ3) is 3.51. The summed E-state index contributed by atoms with van der Waals surface area (Å²) in [6.07, 6.45) is 0. The number of aryl methyl sites for hydroxylation is 1. The van der Waals surface area contributed by atoms with Crippen molar-refractivity contribution < 1.29 is 4.79 Å². The molecule has 0 fully saturated rings. The first-order valence-electron chi connectivity index (χ1n) is 7.49. The highest BCUT2D eigenvalue weighted by Crippen LogP contribution is 2.23. The molecule has 0 spiro atoms. The minimum Gasteiger partial charge on any atom is -0.349 e. The van der Waals surface area contributed by atoms with Crippen molar-refractivity contribution in [3.8, 4) is 0 Å². The fraction of sp³-hybridized carbons (Fsp3) is 0.706. The van der Waals surface area contributed by atoms with Crippen molar-refractivity contribution in [3.63, 3.8) is 0 Å². The van der Waals surface area contributed by atoms with Crippen LogP contribution in [0.3, 0.4) is 0 Å². The van der Waals surface area contributed by atoms with E-state index >= 15 is 0 Å². The monoisotopic (exact) mass is 278 g/mol. The minimum absolute atomic E-state index is 0.176. The first-order chi connectivity index (χ1) is 9.09. The maximum absolute atomic E-state index is 12.5. The van der Waals surface area contributed by atoms with Crippen molar-refractivity contribution in [1.29, 1.82) is 0 Å². The second kappa shape index (κ2) is 6.13. The number of carbonyl (C=O) groups excluding carboxylic acids is 1. The lowest BCUT2D eigenvalue weighted by molar-refractivity contribution is 0.0853. The number of likely N-dealkylation sites (N-methyl/N-ethyl adjacent to an activating group) is 1. The van der Waals surface area contributed by atoms with E-state index in [1.807, 2.05) is 20.0 Å². The lowest BCUT2D eigenvalue weighted by Gasteiger charge is -2.34. The maximum Gasteiger partial charge on any atom is 0.178 e. The van der Waals surface area contributed by atoms with Gasteiger partial charge in [0, 0.05) is 29.5 Å². The molecule has 0 amide bonds. The van der Waals surface area contributed by atoms with Crippen LogP contribution in [0.2, 0.25) is 0 Å². The highest BCUT2D eigenvalue weighted by Gasteiger charge is 2.26. The lowest BCUT2D eigenvalue weighted by atomic mass is 9.87. The summed E-state index contributed by atoms with van der Waals surface area (Å²) in [6.45, 7) is 16.4. The van der Waals surface area contributed by atoms with Crippen LogP contribution < -0.4 is 0 Å². The van der Waals surface area contributed by atoms with E-state index in [-0.39, 0.29) is 11.2 Å². The molecule has 1 atom stereocenters. The summed E-state index contributed by atoms with van der Waals surface area (Å²) < 4.78 is 2.19. The normalized spacial score (nSPS) is 13.8. The van der Waals surface area contributed by atoms with Crippen molar-refractivity contribution in [2.45, 2.75) is 61.1 Å². The number of ketones is 1. The molecule has 0 aliphatic heterocycles. The van der Waals surface area contributed by atoms with Gasteiger partial charge >= 0.3 is 0 Å². The Kier molecular flexibility index (Phi) is 5.20. The number of carbonyl (C=O) groups is 1. The summed E-state index contributed by atoms with van der Waals surface area (Å²) in [5, 5.41) is 0. The highest BCUT2D eigenvalue weighted by molar-refractivity contribution is 5.99. The van der Waals surface area contributed by atoms with E-state index in [0.717, 1.165) is 17.8 Å². The Morgan fingerprint density at radius 2 is 1.90 bits per heavy atom. The van der Waals surface area contributed by atoms with Gasteiger partial charge in [-0.3, -0.25) is 9.69 Å². The van der Waals surface area contributed by atoms with E-state index in [0.29, 0.717) is 12.6 Å². The van der Waals surface area contributed by atoms with Crippen LogP contribution in [0.4, 0.5) is 0 Å². The third-order valence-electron chi connectivity index (χ3n) is 4.50. The molecule has 0 saturated heterocycles. The summed E-state index contributed by atoms with van der Waals surface area (Å²) in [5.41, 5.74) is 3.30. The fourth-order valence-electron chi connectivity index (χ4n) is 2.68. The van der Waals surface area contributed by atoms with E-state index in [9.17, 15) is 4.79 Å². The Balaban J connectivity index is 2.87. The molecule has 0 saturated carbocycles. The van der Waals surface area contributed by atoms with Crippen LogP contribution in [-0.4, -0.2) is 34.9 Å². The molecule has 1 unspecified atom stereocenters. The Bertz CT molecular complexity index is 480. The van der Waals surface area contributed by atoms with E-state index < -0.39 is 0 Å². The number of nitrogens with zero attached hydrogens (tertiary/aromatic N) is 2. The van der Waals surface area contributed by atoms with Crippen LogP contribution in [0.25, 0.3) is 0 Å². The fourth-order valence-corrected chi connectivity index (χ4v) is 2.68. The van der Waals surface area contributed by atoms with E-state index in [1.165, 1.54) is 5.69 Å². The van der Waals surface area contributed by atoms with Gasteiger partial charge in [0.25, 0.3) is 0 Å². The second-order valence-corrected chi connectivity index (χ2v) is 6.91. The Labute approximate surface area is 124 Å². The van der Waals surface area contributed by atoms with Gasteiger partial charge in [-0.2, -0.15) is 0 Å². The smallest absolute Gasteiger partial charge is 0.178 e. The Morgan fingerprint density at radius 3 is 2.30 bits per heavy atom. The molecule has 114 valence electrons. The predicted octanol–water partition coefficient (Wildman–Crippen LogP) is 3.67. The van der Waals surface area contributed by atoms with Gasteiger partial charge in [-0.05, 0) is 46.2 Å². The Morgan fingerprint density at radius 1 is 1.35 bits per heavy atom. The van der Waals surface area contributed by atoms with Crippen LogP contribution in [0.15, 0.2) is 6.07 Å². The molecule has 0 radical (unpaired) electrons. The summed E-state index contributed by atoms with van der Waals surface area (Å²) >= 11 is 0. The molecule has 0 aliphatic carbocycles. The highest BCUT2D eigenvalue weighted by atomic mass is 16.1. The molecular weight excluding hydrogens is 248 g/mol. The number of aromatic nitrogens is 1. The maximum atomic E-state index is 12.5. The molecule has 3 heteroatoms. The second-order valence-electron chi connectivity index (χ2n) is 6.91. The standard InChI is InChI=1S/C17H30N2O/c1-9-19-12(2)10-15(13(19)3)16(20)11-18(8)14(4)17(5,6)7/h10,14H,9,11H2,1-8H3. The van der Waals surface area contributed by atoms with Gasteiger partial charge in [0.2, 0.25) is 0 Å². The van der Waals surface area contributed by atoms with Gasteiger partial charge < -0.3 is 4.57 Å². The van der Waals surface area contributed by atoms with Gasteiger partial charge in [-0.15, -0.1) is 0 Å². The molecule has 3 nitrogen and oxygen atoms in total. The molecule has 1 aromatic rings. The third-order valence-corrected chi connectivity index (χ3v) is 4.50. The molecule has 0 aromatic carbocycles. The van der Waals surface area contributed by atoms with Crippen LogP contribution >= 0.6 is 0 Å². The van der Waals surface area contributed by atoms with E-state index in [4.69, 9.17) is 0 Å². The van der Waals surface area contributed by atoms with Gasteiger partial charge in [0.05, 0.1) is 6.54 Å². The van der Waals surface area contributed by atoms with Gasteiger partial charge in [0.15, 0.2) is 5.78 Å². The van der Waals surface area contributed by atoms with Crippen molar-refractivity contribution in [2.75, 3.05) is 13.6 Å². The number of rotatable bonds is 5.